The molecule has 2 aromatic carbocycles. The first-order chi connectivity index (χ1) is 9.65. The number of rotatable bonds is 3. The number of hydrogen-bond acceptors (Lipinski definition) is 5. The number of carbonyl (C=O) groups is 1. The zero-order valence-electron chi connectivity index (χ0n) is 10.9. The van der Waals surface area contributed by atoms with E-state index in [2.05, 4.69) is 0 Å². The molecule has 102 valence electrons. The maximum Gasteiger partial charge on any atom is 0.342 e. The number of fused-ring (bicyclic) bond motifs is 1. The molecule has 0 saturated carbocycles. The average molecular weight is 271 g/mol. The van der Waals surface area contributed by atoms with Gasteiger partial charge >= 0.3 is 5.97 Å². The quantitative estimate of drug-likeness (QED) is 0.834. The van der Waals surface area contributed by atoms with Gasteiger partial charge in [-0.2, -0.15) is 5.26 Å². The van der Waals surface area contributed by atoms with Crippen molar-refractivity contribution in [1.29, 1.82) is 5.26 Å². The first kappa shape index (κ1) is 13.8. The Morgan fingerprint density at radius 2 is 2.00 bits per heavy atom. The van der Waals surface area contributed by atoms with Crippen LogP contribution in [0.15, 0.2) is 24.3 Å². The lowest BCUT2D eigenvalue weighted by atomic mass is 9.94. The summed E-state index contributed by atoms with van der Waals surface area (Å²) in [5.41, 5.74) is 0.112. The van der Waals surface area contributed by atoms with Crippen molar-refractivity contribution < 1.29 is 19.7 Å². The summed E-state index contributed by atoms with van der Waals surface area (Å²) >= 11 is 0. The highest BCUT2D eigenvalue weighted by molar-refractivity contribution is 6.04. The molecule has 0 spiro atoms. The third-order valence-corrected chi connectivity index (χ3v) is 3.05. The van der Waals surface area contributed by atoms with Crippen LogP contribution >= 0.6 is 0 Å². The monoisotopic (exact) mass is 271 g/mol. The average Bonchev–Trinajstić information content (AvgIpc) is 2.46. The summed E-state index contributed by atoms with van der Waals surface area (Å²) in [6.07, 6.45) is 0. The Morgan fingerprint density at radius 1 is 1.35 bits per heavy atom. The summed E-state index contributed by atoms with van der Waals surface area (Å²) < 4.78 is 4.88. The van der Waals surface area contributed by atoms with Gasteiger partial charge in [-0.25, -0.2) is 4.79 Å². The summed E-state index contributed by atoms with van der Waals surface area (Å²) in [6.45, 7) is 1.34. The second-order valence-corrected chi connectivity index (χ2v) is 4.11. The molecule has 5 nitrogen and oxygen atoms in total. The van der Waals surface area contributed by atoms with Crippen molar-refractivity contribution in [2.24, 2.45) is 0 Å². The maximum atomic E-state index is 12.0. The number of hydrogen-bond donors (Lipinski definition) is 2. The van der Waals surface area contributed by atoms with Crippen molar-refractivity contribution in [3.8, 4) is 11.8 Å². The molecular formula is C15H13NO4. The van der Waals surface area contributed by atoms with Gasteiger partial charge in [-0.15, -0.1) is 0 Å². The molecule has 0 amide bonds. The molecule has 0 heterocycles. The molecule has 0 aromatic heterocycles. The van der Waals surface area contributed by atoms with E-state index >= 15 is 0 Å². The van der Waals surface area contributed by atoms with Crippen LogP contribution in [-0.4, -0.2) is 22.8 Å². The van der Waals surface area contributed by atoms with Gasteiger partial charge in [-0.1, -0.05) is 24.3 Å². The minimum absolute atomic E-state index is 0.000790. The number of esters is 1. The lowest BCUT2D eigenvalue weighted by Gasteiger charge is -2.14. The molecule has 0 radical (unpaired) electrons. The number of aromatic hydroxyl groups is 1. The van der Waals surface area contributed by atoms with E-state index < -0.39 is 18.3 Å². The maximum absolute atomic E-state index is 12.0. The number of aliphatic hydroxyl groups excluding tert-OH is 1. The number of nitrogens with zero attached hydrogens (tertiary/aromatic N) is 1. The first-order valence-corrected chi connectivity index (χ1v) is 6.10. The molecule has 0 aliphatic rings. The predicted molar refractivity (Wildman–Crippen MR) is 72.2 cm³/mol. The van der Waals surface area contributed by atoms with Crippen molar-refractivity contribution in [3.05, 3.63) is 41.0 Å². The first-order valence-electron chi connectivity index (χ1n) is 6.10. The Labute approximate surface area is 115 Å². The SMILES string of the molecule is CCOC(=O)c1c(O)c(C#N)c2ccccc2c1CO. The normalized spacial score (nSPS) is 10.2. The molecule has 2 aromatic rings. The highest BCUT2D eigenvalue weighted by atomic mass is 16.5. The van der Waals surface area contributed by atoms with Crippen LogP contribution in [0.5, 0.6) is 5.75 Å². The van der Waals surface area contributed by atoms with E-state index in [4.69, 9.17) is 4.74 Å². The van der Waals surface area contributed by atoms with E-state index in [1.807, 2.05) is 6.07 Å². The number of phenols is 1. The smallest absolute Gasteiger partial charge is 0.342 e. The lowest BCUT2D eigenvalue weighted by Crippen LogP contribution is -2.10. The van der Waals surface area contributed by atoms with Gasteiger partial charge in [0.2, 0.25) is 0 Å². The zero-order valence-corrected chi connectivity index (χ0v) is 10.9. The number of nitriles is 1. The molecule has 0 saturated heterocycles. The van der Waals surface area contributed by atoms with Gasteiger partial charge in [0.1, 0.15) is 22.9 Å². The van der Waals surface area contributed by atoms with Crippen molar-refractivity contribution in [2.45, 2.75) is 13.5 Å². The minimum Gasteiger partial charge on any atom is -0.506 e. The standard InChI is InChI=1S/C15H13NO4/c1-2-20-15(19)13-12(8-17)10-6-4-3-5-9(10)11(7-16)14(13)18/h3-6,17-18H,2,8H2,1H3. The van der Waals surface area contributed by atoms with Crippen LogP contribution in [0.25, 0.3) is 10.8 Å². The molecule has 20 heavy (non-hydrogen) atoms. The van der Waals surface area contributed by atoms with Crippen molar-refractivity contribution in [2.75, 3.05) is 6.61 Å². The number of ether oxygens (including phenoxy) is 1. The van der Waals surface area contributed by atoms with Gasteiger partial charge in [0, 0.05) is 10.9 Å². The fraction of sp³-hybridized carbons (Fsp3) is 0.200. The molecule has 0 fully saturated rings. The fourth-order valence-corrected chi connectivity index (χ4v) is 2.19. The van der Waals surface area contributed by atoms with Gasteiger partial charge in [0.05, 0.1) is 13.2 Å². The number of phenolic OH excluding ortho intramolecular Hbond substituents is 1. The minimum atomic E-state index is -0.753. The van der Waals surface area contributed by atoms with Crippen LogP contribution in [0.3, 0.4) is 0 Å². The second kappa shape index (κ2) is 5.59. The Hall–Kier alpha value is -2.58. The summed E-state index contributed by atoms with van der Waals surface area (Å²) in [5, 5.41) is 29.9. The predicted octanol–water partition coefficient (Wildman–Crippen LogP) is 2.09. The van der Waals surface area contributed by atoms with Crippen molar-refractivity contribution in [3.63, 3.8) is 0 Å². The van der Waals surface area contributed by atoms with E-state index in [1.54, 1.807) is 31.2 Å². The third kappa shape index (κ3) is 2.06. The summed E-state index contributed by atoms with van der Waals surface area (Å²) in [6, 6.07) is 8.67. The van der Waals surface area contributed by atoms with E-state index in [1.165, 1.54) is 0 Å². The van der Waals surface area contributed by atoms with Crippen LogP contribution in [0.1, 0.15) is 28.4 Å². The van der Waals surface area contributed by atoms with Crippen LogP contribution in [0, 0.1) is 11.3 Å². The van der Waals surface area contributed by atoms with Gasteiger partial charge < -0.3 is 14.9 Å². The summed E-state index contributed by atoms with van der Waals surface area (Å²) in [5.74, 6) is -1.20. The van der Waals surface area contributed by atoms with E-state index in [-0.39, 0.29) is 23.3 Å². The fourth-order valence-electron chi connectivity index (χ4n) is 2.19. The topological polar surface area (TPSA) is 90.5 Å². The van der Waals surface area contributed by atoms with Gasteiger partial charge in [0.25, 0.3) is 0 Å². The van der Waals surface area contributed by atoms with E-state index in [9.17, 15) is 20.3 Å². The third-order valence-electron chi connectivity index (χ3n) is 3.05. The van der Waals surface area contributed by atoms with Crippen LogP contribution in [0.4, 0.5) is 0 Å². The highest BCUT2D eigenvalue weighted by Gasteiger charge is 2.24. The van der Waals surface area contributed by atoms with E-state index in [0.29, 0.717) is 10.8 Å². The van der Waals surface area contributed by atoms with E-state index in [0.717, 1.165) is 0 Å². The molecule has 0 bridgehead atoms. The molecule has 2 N–H and O–H groups in total. The number of benzene rings is 2. The van der Waals surface area contributed by atoms with Crippen LogP contribution in [0.2, 0.25) is 0 Å². The number of aliphatic hydroxyl groups is 1. The van der Waals surface area contributed by atoms with Crippen LogP contribution in [-0.2, 0) is 11.3 Å². The molecule has 0 unspecified atom stereocenters. The molecular weight excluding hydrogens is 258 g/mol. The molecule has 5 heteroatoms. The number of carbonyl (C=O) groups excluding carboxylic acids is 1. The van der Waals surface area contributed by atoms with Gasteiger partial charge in [-0.3, -0.25) is 0 Å². The largest absolute Gasteiger partial charge is 0.506 e. The second-order valence-electron chi connectivity index (χ2n) is 4.11. The van der Waals surface area contributed by atoms with Crippen molar-refractivity contribution >= 4 is 16.7 Å². The summed E-state index contributed by atoms with van der Waals surface area (Å²) in [7, 11) is 0. The van der Waals surface area contributed by atoms with Crippen molar-refractivity contribution in [1.82, 2.24) is 0 Å². The molecule has 0 aliphatic carbocycles. The zero-order chi connectivity index (χ0) is 14.7. The van der Waals surface area contributed by atoms with Gasteiger partial charge in [0.15, 0.2) is 0 Å². The molecule has 0 atom stereocenters. The molecule has 2 rings (SSSR count). The Bertz CT molecular complexity index is 716. The highest BCUT2D eigenvalue weighted by Crippen LogP contribution is 2.35. The Morgan fingerprint density at radius 3 is 2.55 bits per heavy atom. The van der Waals surface area contributed by atoms with Gasteiger partial charge in [-0.05, 0) is 12.3 Å². The van der Waals surface area contributed by atoms with Crippen LogP contribution < -0.4 is 0 Å². The Balaban J connectivity index is 2.90. The molecule has 0 aliphatic heterocycles. The lowest BCUT2D eigenvalue weighted by molar-refractivity contribution is 0.0519. The summed E-state index contributed by atoms with van der Waals surface area (Å²) in [4.78, 5) is 12.0. The Kier molecular flexibility index (Phi) is 3.87.